The van der Waals surface area contributed by atoms with Crippen LogP contribution in [0.5, 0.6) is 23.0 Å². The molecule has 0 heterocycles. The second-order valence-electron chi connectivity index (χ2n) is 14.7. The van der Waals surface area contributed by atoms with Crippen LogP contribution in [0.3, 0.4) is 0 Å². The Morgan fingerprint density at radius 2 is 0.770 bits per heavy atom. The molecular formula is C52H54O8S. The summed E-state index contributed by atoms with van der Waals surface area (Å²) < 4.78 is 63.3. The summed E-state index contributed by atoms with van der Waals surface area (Å²) >= 11 is 0. The molecule has 2 aliphatic carbocycles. The third-order valence-corrected chi connectivity index (χ3v) is 12.7. The highest BCUT2D eigenvalue weighted by molar-refractivity contribution is 7.91. The summed E-state index contributed by atoms with van der Waals surface area (Å²) in [5.41, 5.74) is 3.09. The molecule has 4 atom stereocenters. The van der Waals surface area contributed by atoms with Crippen molar-refractivity contribution < 1.29 is 36.8 Å². The molecule has 0 aromatic heterocycles. The molecule has 0 bridgehead atoms. The van der Waals surface area contributed by atoms with E-state index >= 15 is 0 Å². The van der Waals surface area contributed by atoms with Gasteiger partial charge >= 0.3 is 0 Å². The SMILES string of the molecule is COc1ccccc1/C=C/C1=CC(CS(=O)(=O)CC2C=CC(/C=C/c3ccccc3OC)(OC)C(/C=C/c3ccccc3OC)=C2)C=CC1(/C=C/c1ccccc1OC)OC. The lowest BCUT2D eigenvalue weighted by Crippen LogP contribution is -2.34. The van der Waals surface area contributed by atoms with E-state index in [0.717, 1.165) is 56.4 Å². The van der Waals surface area contributed by atoms with Crippen LogP contribution in [-0.4, -0.2) is 73.8 Å². The summed E-state index contributed by atoms with van der Waals surface area (Å²) in [5.74, 6) is 1.85. The van der Waals surface area contributed by atoms with Crippen LogP contribution < -0.4 is 18.9 Å². The summed E-state index contributed by atoms with van der Waals surface area (Å²) in [7, 11) is 6.20. The normalized spacial score (nSPS) is 21.6. The number of allylic oxidation sites excluding steroid dienone is 4. The van der Waals surface area contributed by atoms with Gasteiger partial charge in [-0.15, -0.1) is 0 Å². The van der Waals surface area contributed by atoms with E-state index in [0.29, 0.717) is 0 Å². The lowest BCUT2D eigenvalue weighted by atomic mass is 9.83. The number of methoxy groups -OCH3 is 6. The van der Waals surface area contributed by atoms with Crippen LogP contribution in [-0.2, 0) is 19.3 Å². The highest BCUT2D eigenvalue weighted by atomic mass is 32.2. The van der Waals surface area contributed by atoms with Gasteiger partial charge in [0.25, 0.3) is 0 Å². The molecule has 4 aromatic rings. The zero-order chi connectivity index (χ0) is 43.3. The van der Waals surface area contributed by atoms with E-state index in [2.05, 4.69) is 0 Å². The minimum atomic E-state index is -3.63. The average Bonchev–Trinajstić information content (AvgIpc) is 3.29. The predicted octanol–water partition coefficient (Wildman–Crippen LogP) is 10.3. The molecule has 9 heteroatoms. The largest absolute Gasteiger partial charge is 0.496 e. The molecule has 0 amide bonds. The predicted molar refractivity (Wildman–Crippen MR) is 248 cm³/mol. The Morgan fingerprint density at radius 3 is 1.08 bits per heavy atom. The van der Waals surface area contributed by atoms with Crippen molar-refractivity contribution in [3.63, 3.8) is 0 Å². The average molecular weight is 839 g/mol. The lowest BCUT2D eigenvalue weighted by Gasteiger charge is -2.33. The zero-order valence-corrected chi connectivity index (χ0v) is 36.4. The number of ether oxygens (including phenoxy) is 6. The standard InChI is InChI=1S/C52H54O8S/c1-55-47-19-11-7-15-41(47)23-25-45-35-39(27-31-51(45,59-5)33-29-43-17-9-13-21-49(43)57-3)37-61(53,54)38-40-28-32-52(60-6,34-30-44-18-10-14-22-50(44)58-4)46(36-40)26-24-42-16-8-12-20-48(42)56-2/h7-36,39-40H,37-38H2,1-6H3/b25-23+,26-24+,33-29+,34-30+. The third-order valence-electron chi connectivity index (χ3n) is 10.9. The number of sulfone groups is 1. The Hall–Kier alpha value is -6.13. The molecule has 0 saturated heterocycles. The molecule has 2 aliphatic rings. The van der Waals surface area contributed by atoms with E-state index in [1.807, 2.05) is 182 Å². The van der Waals surface area contributed by atoms with Crippen molar-refractivity contribution in [2.24, 2.45) is 11.8 Å². The number of hydrogen-bond donors (Lipinski definition) is 0. The molecule has 0 N–H and O–H groups in total. The van der Waals surface area contributed by atoms with Gasteiger partial charge in [0.2, 0.25) is 0 Å². The molecule has 4 aromatic carbocycles. The minimum Gasteiger partial charge on any atom is -0.496 e. The van der Waals surface area contributed by atoms with Gasteiger partial charge in [-0.2, -0.15) is 0 Å². The summed E-state index contributed by atoms with van der Waals surface area (Å²) in [4.78, 5) is 0. The molecule has 4 unspecified atom stereocenters. The molecule has 0 spiro atoms. The first-order chi connectivity index (χ1) is 29.6. The number of rotatable bonds is 18. The van der Waals surface area contributed by atoms with Gasteiger partial charge in [-0.05, 0) is 59.7 Å². The first-order valence-electron chi connectivity index (χ1n) is 20.0. The number of hydrogen-bond acceptors (Lipinski definition) is 8. The lowest BCUT2D eigenvalue weighted by molar-refractivity contribution is 0.106. The topological polar surface area (TPSA) is 89.5 Å². The number of para-hydroxylation sites is 4. The Bertz CT molecular complexity index is 2340. The monoisotopic (exact) mass is 838 g/mol. The van der Waals surface area contributed by atoms with E-state index < -0.39 is 32.9 Å². The Labute approximate surface area is 361 Å². The summed E-state index contributed by atoms with van der Waals surface area (Å²) in [6.07, 6.45) is 27.4. The van der Waals surface area contributed by atoms with Crippen molar-refractivity contribution in [1.82, 2.24) is 0 Å². The van der Waals surface area contributed by atoms with Crippen LogP contribution in [0, 0.1) is 11.8 Å². The second-order valence-corrected chi connectivity index (χ2v) is 16.8. The van der Waals surface area contributed by atoms with Crippen molar-refractivity contribution in [2.45, 2.75) is 11.2 Å². The summed E-state index contributed by atoms with van der Waals surface area (Å²) in [5, 5.41) is 0. The quantitative estimate of drug-likeness (QED) is 0.0916. The van der Waals surface area contributed by atoms with Crippen molar-refractivity contribution in [1.29, 1.82) is 0 Å². The van der Waals surface area contributed by atoms with Crippen LogP contribution in [0.2, 0.25) is 0 Å². The molecule has 316 valence electrons. The van der Waals surface area contributed by atoms with Crippen molar-refractivity contribution in [3.8, 4) is 23.0 Å². The smallest absolute Gasteiger partial charge is 0.152 e. The van der Waals surface area contributed by atoms with Gasteiger partial charge in [0, 0.05) is 48.3 Å². The summed E-state index contributed by atoms with van der Waals surface area (Å²) in [6, 6.07) is 30.9. The minimum absolute atomic E-state index is 0.0980. The van der Waals surface area contributed by atoms with E-state index in [4.69, 9.17) is 28.4 Å². The molecule has 6 rings (SSSR count). The van der Waals surface area contributed by atoms with Crippen LogP contribution >= 0.6 is 0 Å². The van der Waals surface area contributed by atoms with Crippen molar-refractivity contribution >= 4 is 34.1 Å². The van der Waals surface area contributed by atoms with E-state index in [9.17, 15) is 8.42 Å². The Balaban J connectivity index is 1.31. The van der Waals surface area contributed by atoms with Crippen LogP contribution in [0.1, 0.15) is 22.3 Å². The molecule has 61 heavy (non-hydrogen) atoms. The van der Waals surface area contributed by atoms with Crippen LogP contribution in [0.25, 0.3) is 24.3 Å². The molecule has 0 fully saturated rings. The van der Waals surface area contributed by atoms with Gasteiger partial charge in [-0.25, -0.2) is 8.42 Å². The molecule has 0 radical (unpaired) electrons. The fourth-order valence-electron chi connectivity index (χ4n) is 7.61. The third kappa shape index (κ3) is 10.8. The first-order valence-corrected chi connectivity index (χ1v) is 21.8. The van der Waals surface area contributed by atoms with Crippen LogP contribution in [0.15, 0.2) is 169 Å². The van der Waals surface area contributed by atoms with Crippen LogP contribution in [0.4, 0.5) is 0 Å². The molecular weight excluding hydrogens is 785 g/mol. The maximum atomic E-state index is 14.2. The van der Waals surface area contributed by atoms with E-state index in [-0.39, 0.29) is 11.5 Å². The number of benzene rings is 4. The fourth-order valence-corrected chi connectivity index (χ4v) is 9.33. The summed E-state index contributed by atoms with van der Waals surface area (Å²) in [6.45, 7) is 0. The molecule has 8 nitrogen and oxygen atoms in total. The van der Waals surface area contributed by atoms with Gasteiger partial charge in [0.15, 0.2) is 9.84 Å². The Morgan fingerprint density at radius 1 is 0.459 bits per heavy atom. The van der Waals surface area contributed by atoms with Gasteiger partial charge in [-0.1, -0.05) is 134 Å². The molecule has 0 saturated carbocycles. The molecule has 0 aliphatic heterocycles. The van der Waals surface area contributed by atoms with E-state index in [1.54, 1.807) is 42.7 Å². The zero-order valence-electron chi connectivity index (χ0n) is 35.6. The van der Waals surface area contributed by atoms with Crippen molar-refractivity contribution in [2.75, 3.05) is 54.2 Å². The fraction of sp³-hybridized carbons (Fsp3) is 0.231. The maximum Gasteiger partial charge on any atom is 0.152 e. The Kier molecular flexibility index (Phi) is 14.9. The van der Waals surface area contributed by atoms with Gasteiger partial charge in [-0.3, -0.25) is 0 Å². The first kappa shape index (κ1) is 44.4. The van der Waals surface area contributed by atoms with Gasteiger partial charge in [0.1, 0.15) is 34.2 Å². The second kappa shape index (κ2) is 20.4. The highest BCUT2D eigenvalue weighted by Gasteiger charge is 2.35. The maximum absolute atomic E-state index is 14.2. The van der Waals surface area contributed by atoms with Gasteiger partial charge < -0.3 is 28.4 Å². The van der Waals surface area contributed by atoms with Gasteiger partial charge in [0.05, 0.1) is 39.9 Å². The highest BCUT2D eigenvalue weighted by Crippen LogP contribution is 2.37. The van der Waals surface area contributed by atoms with E-state index in [1.165, 1.54) is 0 Å². The van der Waals surface area contributed by atoms with Crippen molar-refractivity contribution in [3.05, 3.63) is 191 Å².